The Labute approximate surface area is 120 Å². The van der Waals surface area contributed by atoms with Crippen molar-refractivity contribution in [3.05, 3.63) is 65.7 Å². The molecule has 2 aromatic heterocycles. The van der Waals surface area contributed by atoms with Crippen molar-refractivity contribution in [1.82, 2.24) is 4.40 Å². The van der Waals surface area contributed by atoms with Gasteiger partial charge in [0.2, 0.25) is 0 Å². The Balaban J connectivity index is 2.02. The minimum absolute atomic E-state index is 0.203. The molecule has 0 unspecified atom stereocenters. The minimum atomic E-state index is -0.994. The zero-order valence-electron chi connectivity index (χ0n) is 11.2. The van der Waals surface area contributed by atoms with E-state index in [-0.39, 0.29) is 11.5 Å². The molecule has 4 nitrogen and oxygen atoms in total. The number of aromatic carboxylic acids is 1. The summed E-state index contributed by atoms with van der Waals surface area (Å²) in [4.78, 5) is 11.3. The van der Waals surface area contributed by atoms with Crippen LogP contribution in [0.3, 0.4) is 0 Å². The number of aromatic nitrogens is 1. The van der Waals surface area contributed by atoms with Gasteiger partial charge in [0.1, 0.15) is 23.0 Å². The van der Waals surface area contributed by atoms with Crippen molar-refractivity contribution in [2.75, 3.05) is 0 Å². The quantitative estimate of drug-likeness (QED) is 0.794. The van der Waals surface area contributed by atoms with Gasteiger partial charge in [-0.2, -0.15) is 0 Å². The van der Waals surface area contributed by atoms with Crippen LogP contribution in [0, 0.1) is 12.7 Å². The maximum Gasteiger partial charge on any atom is 0.353 e. The van der Waals surface area contributed by atoms with Crippen LogP contribution in [0.2, 0.25) is 0 Å². The Bertz CT molecular complexity index is 821. The lowest BCUT2D eigenvalue weighted by Crippen LogP contribution is -2.03. The third-order valence-electron chi connectivity index (χ3n) is 3.18. The van der Waals surface area contributed by atoms with E-state index in [0.29, 0.717) is 17.1 Å². The van der Waals surface area contributed by atoms with Crippen LogP contribution < -0.4 is 4.74 Å². The summed E-state index contributed by atoms with van der Waals surface area (Å²) in [5.74, 6) is -0.373. The highest BCUT2D eigenvalue weighted by Crippen LogP contribution is 2.24. The van der Waals surface area contributed by atoms with Crippen LogP contribution in [0.4, 0.5) is 4.39 Å². The van der Waals surface area contributed by atoms with Gasteiger partial charge in [-0.3, -0.25) is 0 Å². The van der Waals surface area contributed by atoms with E-state index >= 15 is 0 Å². The van der Waals surface area contributed by atoms with Crippen molar-refractivity contribution in [1.29, 1.82) is 0 Å². The Morgan fingerprint density at radius 2 is 1.81 bits per heavy atom. The van der Waals surface area contributed by atoms with Crippen molar-refractivity contribution in [3.8, 4) is 11.5 Å². The van der Waals surface area contributed by atoms with Crippen molar-refractivity contribution >= 4 is 11.5 Å². The SMILES string of the molecule is Cc1cc2ccc(Oc3ccc(F)cc3)cn2c1C(=O)O. The molecule has 1 aromatic carbocycles. The van der Waals surface area contributed by atoms with Gasteiger partial charge in [0.05, 0.1) is 6.20 Å². The summed E-state index contributed by atoms with van der Waals surface area (Å²) in [5, 5.41) is 9.26. The summed E-state index contributed by atoms with van der Waals surface area (Å²) in [6.45, 7) is 1.75. The maximum atomic E-state index is 12.9. The number of pyridine rings is 1. The highest BCUT2D eigenvalue weighted by atomic mass is 19.1. The van der Waals surface area contributed by atoms with E-state index < -0.39 is 5.97 Å². The van der Waals surface area contributed by atoms with Crippen LogP contribution in [-0.4, -0.2) is 15.5 Å². The summed E-state index contributed by atoms with van der Waals surface area (Å²) in [6.07, 6.45) is 1.61. The largest absolute Gasteiger partial charge is 0.477 e. The lowest BCUT2D eigenvalue weighted by atomic mass is 10.3. The molecule has 1 N–H and O–H groups in total. The summed E-state index contributed by atoms with van der Waals surface area (Å²) in [7, 11) is 0. The van der Waals surface area contributed by atoms with Crippen LogP contribution in [0.5, 0.6) is 11.5 Å². The zero-order chi connectivity index (χ0) is 15.0. The highest BCUT2D eigenvalue weighted by molar-refractivity contribution is 5.89. The van der Waals surface area contributed by atoms with Crippen LogP contribution in [-0.2, 0) is 0 Å². The summed E-state index contributed by atoms with van der Waals surface area (Å²) < 4.78 is 20.0. The molecule has 3 rings (SSSR count). The number of hydrogen-bond donors (Lipinski definition) is 1. The monoisotopic (exact) mass is 285 g/mol. The summed E-state index contributed by atoms with van der Waals surface area (Å²) in [5.41, 5.74) is 1.66. The first-order valence-electron chi connectivity index (χ1n) is 6.33. The maximum absolute atomic E-state index is 12.9. The fourth-order valence-electron chi connectivity index (χ4n) is 2.25. The highest BCUT2D eigenvalue weighted by Gasteiger charge is 2.14. The second kappa shape index (κ2) is 4.94. The smallest absolute Gasteiger partial charge is 0.353 e. The van der Waals surface area contributed by atoms with Gasteiger partial charge in [0.15, 0.2) is 0 Å². The Morgan fingerprint density at radius 1 is 1.14 bits per heavy atom. The van der Waals surface area contributed by atoms with Gasteiger partial charge >= 0.3 is 5.97 Å². The first kappa shape index (κ1) is 13.2. The number of aryl methyl sites for hydroxylation is 1. The topological polar surface area (TPSA) is 50.9 Å². The molecular formula is C16H12FNO3. The molecule has 0 saturated heterocycles. The number of carboxylic acid groups (broad SMARTS) is 1. The average Bonchev–Trinajstić information content (AvgIpc) is 2.76. The molecule has 0 spiro atoms. The Hall–Kier alpha value is -2.82. The van der Waals surface area contributed by atoms with Gasteiger partial charge in [-0.1, -0.05) is 0 Å². The molecule has 3 aromatic rings. The molecule has 0 aliphatic heterocycles. The van der Waals surface area contributed by atoms with Crippen LogP contribution in [0.1, 0.15) is 16.1 Å². The van der Waals surface area contributed by atoms with Gasteiger partial charge in [0.25, 0.3) is 0 Å². The lowest BCUT2D eigenvalue weighted by molar-refractivity contribution is 0.0688. The predicted molar refractivity (Wildman–Crippen MR) is 75.6 cm³/mol. The molecule has 0 aliphatic carbocycles. The molecule has 106 valence electrons. The van der Waals surface area contributed by atoms with Gasteiger partial charge in [-0.25, -0.2) is 9.18 Å². The normalized spacial score (nSPS) is 10.8. The number of carbonyl (C=O) groups is 1. The van der Waals surface area contributed by atoms with Crippen LogP contribution in [0.15, 0.2) is 48.7 Å². The number of rotatable bonds is 3. The van der Waals surface area contributed by atoms with E-state index in [2.05, 4.69) is 0 Å². The average molecular weight is 285 g/mol. The number of carboxylic acids is 1. The molecule has 0 fully saturated rings. The Kier molecular flexibility index (Phi) is 3.10. The molecular weight excluding hydrogens is 273 g/mol. The Morgan fingerprint density at radius 3 is 2.48 bits per heavy atom. The van der Waals surface area contributed by atoms with Crippen molar-refractivity contribution < 1.29 is 19.0 Å². The second-order valence-electron chi connectivity index (χ2n) is 4.70. The van der Waals surface area contributed by atoms with E-state index in [4.69, 9.17) is 4.74 Å². The van der Waals surface area contributed by atoms with Gasteiger partial charge < -0.3 is 14.2 Å². The number of halogens is 1. The van der Waals surface area contributed by atoms with E-state index in [1.165, 1.54) is 24.3 Å². The molecule has 0 amide bonds. The predicted octanol–water partition coefficient (Wildman–Crippen LogP) is 3.88. The van der Waals surface area contributed by atoms with E-state index in [1.807, 2.05) is 0 Å². The molecule has 0 saturated carbocycles. The van der Waals surface area contributed by atoms with E-state index in [9.17, 15) is 14.3 Å². The molecule has 5 heteroatoms. The fraction of sp³-hybridized carbons (Fsp3) is 0.0625. The van der Waals surface area contributed by atoms with Crippen molar-refractivity contribution in [2.45, 2.75) is 6.92 Å². The summed E-state index contributed by atoms with van der Waals surface area (Å²) >= 11 is 0. The molecule has 0 bridgehead atoms. The standard InChI is InChI=1S/C16H12FNO3/c1-10-8-12-4-7-14(9-18(12)15(10)16(19)20)21-13-5-2-11(17)3-6-13/h2-9H,1H3,(H,19,20). The minimum Gasteiger partial charge on any atom is -0.477 e. The van der Waals surface area contributed by atoms with Crippen molar-refractivity contribution in [3.63, 3.8) is 0 Å². The third-order valence-corrected chi connectivity index (χ3v) is 3.18. The number of ether oxygens (including phenoxy) is 1. The first-order chi connectivity index (χ1) is 10.0. The number of fused-ring (bicyclic) bond motifs is 1. The van der Waals surface area contributed by atoms with E-state index in [0.717, 1.165) is 5.52 Å². The van der Waals surface area contributed by atoms with Crippen LogP contribution in [0.25, 0.3) is 5.52 Å². The van der Waals surface area contributed by atoms with E-state index in [1.54, 1.807) is 35.7 Å². The third kappa shape index (κ3) is 2.45. The first-order valence-corrected chi connectivity index (χ1v) is 6.33. The summed E-state index contributed by atoms with van der Waals surface area (Å²) in [6, 6.07) is 10.9. The number of nitrogens with zero attached hydrogens (tertiary/aromatic N) is 1. The van der Waals surface area contributed by atoms with Crippen molar-refractivity contribution in [2.24, 2.45) is 0 Å². The van der Waals surface area contributed by atoms with Gasteiger partial charge in [-0.15, -0.1) is 0 Å². The lowest BCUT2D eigenvalue weighted by Gasteiger charge is -2.07. The number of hydrogen-bond acceptors (Lipinski definition) is 2. The van der Waals surface area contributed by atoms with Crippen LogP contribution >= 0.6 is 0 Å². The molecule has 0 aliphatic rings. The zero-order valence-corrected chi connectivity index (χ0v) is 11.2. The molecule has 2 heterocycles. The van der Waals surface area contributed by atoms with Gasteiger partial charge in [-0.05, 0) is 55.0 Å². The van der Waals surface area contributed by atoms with Gasteiger partial charge in [0, 0.05) is 5.52 Å². The molecule has 0 radical (unpaired) electrons. The number of benzene rings is 1. The molecule has 21 heavy (non-hydrogen) atoms. The molecule has 0 atom stereocenters. The fourth-order valence-corrected chi connectivity index (χ4v) is 2.25. The second-order valence-corrected chi connectivity index (χ2v) is 4.70.